The number of esters is 1. The standard InChI is InChI=1S/C13H15NO3/c1-2-17-13(16)12(15)11-7-5-10(6-8-11)4-3-9-14/h3-8H,2,9,14H2,1H3. The van der Waals surface area contributed by atoms with Crippen LogP contribution in [0.4, 0.5) is 0 Å². The third kappa shape index (κ3) is 3.85. The first-order valence-electron chi connectivity index (χ1n) is 5.37. The maximum absolute atomic E-state index is 11.5. The van der Waals surface area contributed by atoms with Gasteiger partial charge in [-0.3, -0.25) is 4.79 Å². The molecule has 0 aliphatic rings. The summed E-state index contributed by atoms with van der Waals surface area (Å²) in [5.74, 6) is -1.45. The largest absolute Gasteiger partial charge is 0.460 e. The highest BCUT2D eigenvalue weighted by molar-refractivity contribution is 6.40. The summed E-state index contributed by atoms with van der Waals surface area (Å²) in [7, 11) is 0. The topological polar surface area (TPSA) is 69.4 Å². The molecular formula is C13H15NO3. The number of benzene rings is 1. The van der Waals surface area contributed by atoms with Crippen molar-refractivity contribution in [2.75, 3.05) is 13.2 Å². The van der Waals surface area contributed by atoms with Crippen LogP contribution in [0.25, 0.3) is 6.08 Å². The zero-order valence-electron chi connectivity index (χ0n) is 9.68. The van der Waals surface area contributed by atoms with Gasteiger partial charge in [0.25, 0.3) is 5.78 Å². The number of Topliss-reactive ketones (excluding diaryl/α,β-unsaturated/α-hetero) is 1. The van der Waals surface area contributed by atoms with Gasteiger partial charge in [-0.1, -0.05) is 36.4 Å². The zero-order chi connectivity index (χ0) is 12.7. The lowest BCUT2D eigenvalue weighted by Crippen LogP contribution is -2.17. The van der Waals surface area contributed by atoms with E-state index < -0.39 is 11.8 Å². The Morgan fingerprint density at radius 1 is 1.29 bits per heavy atom. The van der Waals surface area contributed by atoms with Gasteiger partial charge in [-0.2, -0.15) is 0 Å². The van der Waals surface area contributed by atoms with Gasteiger partial charge in [-0.25, -0.2) is 4.79 Å². The summed E-state index contributed by atoms with van der Waals surface area (Å²) in [4.78, 5) is 22.7. The molecule has 0 saturated heterocycles. The smallest absolute Gasteiger partial charge is 0.379 e. The molecule has 0 atom stereocenters. The Morgan fingerprint density at radius 3 is 2.47 bits per heavy atom. The second-order valence-corrected chi connectivity index (χ2v) is 3.31. The van der Waals surface area contributed by atoms with Gasteiger partial charge in [0.05, 0.1) is 6.61 Å². The fourth-order valence-electron chi connectivity index (χ4n) is 1.26. The molecule has 4 heteroatoms. The Hall–Kier alpha value is -1.94. The lowest BCUT2D eigenvalue weighted by molar-refractivity contribution is -0.137. The molecule has 4 nitrogen and oxygen atoms in total. The van der Waals surface area contributed by atoms with Crippen molar-refractivity contribution in [2.24, 2.45) is 5.73 Å². The van der Waals surface area contributed by atoms with E-state index in [1.807, 2.05) is 12.2 Å². The Labute approximate surface area is 100 Å². The van der Waals surface area contributed by atoms with Crippen molar-refractivity contribution < 1.29 is 14.3 Å². The first-order valence-corrected chi connectivity index (χ1v) is 5.37. The van der Waals surface area contributed by atoms with Crippen LogP contribution in [0.1, 0.15) is 22.8 Å². The quantitative estimate of drug-likeness (QED) is 0.474. The SMILES string of the molecule is CCOC(=O)C(=O)c1ccc(C=CCN)cc1. The molecule has 0 aromatic heterocycles. The molecular weight excluding hydrogens is 218 g/mol. The van der Waals surface area contributed by atoms with Crippen LogP contribution in [0.2, 0.25) is 0 Å². The van der Waals surface area contributed by atoms with Gasteiger partial charge in [-0.05, 0) is 12.5 Å². The second kappa shape index (κ2) is 6.60. The minimum atomic E-state index is -0.822. The first-order chi connectivity index (χ1) is 8.19. The maximum Gasteiger partial charge on any atom is 0.379 e. The molecule has 0 spiro atoms. The van der Waals surface area contributed by atoms with Crippen LogP contribution < -0.4 is 5.73 Å². The van der Waals surface area contributed by atoms with E-state index in [1.54, 1.807) is 31.2 Å². The molecule has 0 bridgehead atoms. The predicted molar refractivity (Wildman–Crippen MR) is 65.5 cm³/mol. The van der Waals surface area contributed by atoms with Crippen molar-refractivity contribution in [3.63, 3.8) is 0 Å². The van der Waals surface area contributed by atoms with E-state index in [1.165, 1.54) is 0 Å². The Balaban J connectivity index is 2.77. The highest BCUT2D eigenvalue weighted by Crippen LogP contribution is 2.07. The van der Waals surface area contributed by atoms with Crippen LogP contribution in [-0.2, 0) is 9.53 Å². The molecule has 1 aromatic carbocycles. The van der Waals surface area contributed by atoms with Crippen molar-refractivity contribution in [3.8, 4) is 0 Å². The molecule has 0 fully saturated rings. The van der Waals surface area contributed by atoms with E-state index >= 15 is 0 Å². The highest BCUT2D eigenvalue weighted by Gasteiger charge is 2.16. The zero-order valence-corrected chi connectivity index (χ0v) is 9.68. The number of nitrogens with two attached hydrogens (primary N) is 1. The van der Waals surface area contributed by atoms with Gasteiger partial charge in [0.2, 0.25) is 0 Å². The third-order valence-corrected chi connectivity index (χ3v) is 2.08. The first kappa shape index (κ1) is 13.1. The van der Waals surface area contributed by atoms with E-state index in [2.05, 4.69) is 4.74 Å². The lowest BCUT2D eigenvalue weighted by Gasteiger charge is -2.01. The molecule has 0 aliphatic carbocycles. The summed E-state index contributed by atoms with van der Waals surface area (Å²) in [6.45, 7) is 2.32. The number of carbonyl (C=O) groups is 2. The third-order valence-electron chi connectivity index (χ3n) is 2.08. The molecule has 17 heavy (non-hydrogen) atoms. The van der Waals surface area contributed by atoms with Crippen LogP contribution in [0.3, 0.4) is 0 Å². The summed E-state index contributed by atoms with van der Waals surface area (Å²) in [5.41, 5.74) is 6.58. The summed E-state index contributed by atoms with van der Waals surface area (Å²) in [6.07, 6.45) is 3.65. The second-order valence-electron chi connectivity index (χ2n) is 3.31. The minimum absolute atomic E-state index is 0.196. The number of hydrogen-bond donors (Lipinski definition) is 1. The molecule has 0 unspecified atom stereocenters. The fourth-order valence-corrected chi connectivity index (χ4v) is 1.26. The molecule has 0 heterocycles. The van der Waals surface area contributed by atoms with Crippen LogP contribution in [-0.4, -0.2) is 24.9 Å². The molecule has 90 valence electrons. The van der Waals surface area contributed by atoms with E-state index in [-0.39, 0.29) is 6.61 Å². The predicted octanol–water partition coefficient (Wildman–Crippen LogP) is 1.40. The summed E-state index contributed by atoms with van der Waals surface area (Å²) >= 11 is 0. The molecule has 0 radical (unpaired) electrons. The van der Waals surface area contributed by atoms with E-state index in [9.17, 15) is 9.59 Å². The van der Waals surface area contributed by atoms with Crippen LogP contribution in [0, 0.1) is 0 Å². The van der Waals surface area contributed by atoms with Crippen molar-refractivity contribution in [1.29, 1.82) is 0 Å². The van der Waals surface area contributed by atoms with Gasteiger partial charge in [0.15, 0.2) is 0 Å². The number of ether oxygens (including phenoxy) is 1. The van der Waals surface area contributed by atoms with Crippen molar-refractivity contribution in [3.05, 3.63) is 41.5 Å². The molecule has 1 rings (SSSR count). The number of rotatable bonds is 5. The monoisotopic (exact) mass is 233 g/mol. The summed E-state index contributed by atoms with van der Waals surface area (Å²) < 4.78 is 4.63. The molecule has 0 amide bonds. The molecule has 0 saturated carbocycles. The van der Waals surface area contributed by atoms with Gasteiger partial charge >= 0.3 is 5.97 Å². The molecule has 1 aromatic rings. The molecule has 0 aliphatic heterocycles. The summed E-state index contributed by atoms with van der Waals surface area (Å²) in [5, 5.41) is 0. The van der Waals surface area contributed by atoms with Crippen LogP contribution >= 0.6 is 0 Å². The van der Waals surface area contributed by atoms with Crippen LogP contribution in [0.5, 0.6) is 0 Å². The number of ketones is 1. The van der Waals surface area contributed by atoms with Crippen molar-refractivity contribution in [1.82, 2.24) is 0 Å². The Kier molecular flexibility index (Phi) is 5.10. The number of hydrogen-bond acceptors (Lipinski definition) is 4. The Morgan fingerprint density at radius 2 is 1.94 bits per heavy atom. The van der Waals surface area contributed by atoms with E-state index in [0.717, 1.165) is 5.56 Å². The molecule has 2 N–H and O–H groups in total. The van der Waals surface area contributed by atoms with Crippen molar-refractivity contribution >= 4 is 17.8 Å². The van der Waals surface area contributed by atoms with Gasteiger partial charge in [-0.15, -0.1) is 0 Å². The highest BCUT2D eigenvalue weighted by atomic mass is 16.5. The minimum Gasteiger partial charge on any atom is -0.460 e. The average molecular weight is 233 g/mol. The average Bonchev–Trinajstić information content (AvgIpc) is 2.36. The number of carbonyl (C=O) groups excluding carboxylic acids is 2. The van der Waals surface area contributed by atoms with Gasteiger partial charge in [0.1, 0.15) is 0 Å². The normalized spacial score (nSPS) is 10.5. The van der Waals surface area contributed by atoms with Crippen molar-refractivity contribution in [2.45, 2.75) is 6.92 Å². The summed E-state index contributed by atoms with van der Waals surface area (Å²) in [6, 6.07) is 6.68. The van der Waals surface area contributed by atoms with Crippen LogP contribution in [0.15, 0.2) is 30.3 Å². The van der Waals surface area contributed by atoms with Gasteiger partial charge < -0.3 is 10.5 Å². The van der Waals surface area contributed by atoms with E-state index in [4.69, 9.17) is 5.73 Å². The van der Waals surface area contributed by atoms with Gasteiger partial charge in [0, 0.05) is 12.1 Å². The maximum atomic E-state index is 11.5. The Bertz CT molecular complexity index is 421. The van der Waals surface area contributed by atoms with E-state index in [0.29, 0.717) is 12.1 Å². The lowest BCUT2D eigenvalue weighted by atomic mass is 10.1. The fraction of sp³-hybridized carbons (Fsp3) is 0.231.